The third-order valence-electron chi connectivity index (χ3n) is 8.37. The molecule has 14 heteroatoms. The van der Waals surface area contributed by atoms with Crippen LogP contribution in [0.15, 0.2) is 0 Å². The molecule has 0 atom stereocenters. The first kappa shape index (κ1) is 55.4. The molecule has 0 aromatic carbocycles. The molecule has 0 aromatic rings. The lowest BCUT2D eigenvalue weighted by atomic mass is 10.0. The molecule has 0 aliphatic carbocycles. The average molecular weight is 814 g/mol. The van der Waals surface area contributed by atoms with Gasteiger partial charge in [0, 0.05) is 13.2 Å². The molecular weight excluding hydrogens is 726 g/mol. The summed E-state index contributed by atoms with van der Waals surface area (Å²) < 4.78 is 71.4. The fraction of sp³-hybridized carbons (Fsp3) is 1.00. The Balaban J connectivity index is 3.05. The van der Waals surface area contributed by atoms with Crippen molar-refractivity contribution in [3.63, 3.8) is 0 Å². The molecule has 0 heterocycles. The standard InChI is InChI=1S/C42H87NO13/c1-2-3-4-5-6-7-8-9-10-11-12-13-14-15-17-44-19-21-46-23-25-48-27-29-50-31-33-52-35-37-54-39-41-56-42-40-55-38-36-53-34-32-51-30-28-49-26-24-47-22-20-45-18-16-43/h2-43H2,1H3. The predicted octanol–water partition coefficient (Wildman–Crippen LogP) is 5.64. The Bertz CT molecular complexity index is 618. The van der Waals surface area contributed by atoms with E-state index in [1.165, 1.54) is 83.5 Å². The zero-order valence-electron chi connectivity index (χ0n) is 35.9. The number of ether oxygens (including phenoxy) is 13. The Labute approximate surface area is 342 Å². The van der Waals surface area contributed by atoms with Gasteiger partial charge in [0.25, 0.3) is 0 Å². The van der Waals surface area contributed by atoms with E-state index in [4.69, 9.17) is 67.3 Å². The molecule has 56 heavy (non-hydrogen) atoms. The van der Waals surface area contributed by atoms with Gasteiger partial charge in [0.15, 0.2) is 0 Å². The van der Waals surface area contributed by atoms with Gasteiger partial charge in [-0.1, -0.05) is 90.4 Å². The van der Waals surface area contributed by atoms with Crippen LogP contribution < -0.4 is 5.73 Å². The molecule has 14 nitrogen and oxygen atoms in total. The zero-order valence-corrected chi connectivity index (χ0v) is 35.9. The van der Waals surface area contributed by atoms with Crippen LogP contribution in [-0.4, -0.2) is 178 Å². The van der Waals surface area contributed by atoms with E-state index in [0.29, 0.717) is 172 Å². The van der Waals surface area contributed by atoms with Gasteiger partial charge in [-0.25, -0.2) is 0 Å². The molecule has 0 saturated heterocycles. The highest BCUT2D eigenvalue weighted by Gasteiger charge is 1.98. The average Bonchev–Trinajstić information content (AvgIpc) is 3.21. The number of nitrogens with two attached hydrogens (primary N) is 1. The van der Waals surface area contributed by atoms with Crippen molar-refractivity contribution in [2.75, 3.05) is 178 Å². The molecule has 0 amide bonds. The lowest BCUT2D eigenvalue weighted by molar-refractivity contribution is -0.0290. The molecule has 0 bridgehead atoms. The Morgan fingerprint density at radius 2 is 0.357 bits per heavy atom. The maximum atomic E-state index is 5.69. The van der Waals surface area contributed by atoms with Gasteiger partial charge >= 0.3 is 0 Å². The Hall–Kier alpha value is -0.560. The van der Waals surface area contributed by atoms with Crippen molar-refractivity contribution in [1.29, 1.82) is 0 Å². The molecular formula is C42H87NO13. The van der Waals surface area contributed by atoms with Crippen LogP contribution in [-0.2, 0) is 61.6 Å². The van der Waals surface area contributed by atoms with E-state index in [-0.39, 0.29) is 0 Å². The fourth-order valence-corrected chi connectivity index (χ4v) is 5.22. The minimum Gasteiger partial charge on any atom is -0.379 e. The monoisotopic (exact) mass is 814 g/mol. The normalized spacial score (nSPS) is 11.7. The third-order valence-corrected chi connectivity index (χ3v) is 8.37. The summed E-state index contributed by atoms with van der Waals surface area (Å²) in [7, 11) is 0. The largest absolute Gasteiger partial charge is 0.379 e. The summed E-state index contributed by atoms with van der Waals surface area (Å²) in [5.41, 5.74) is 5.34. The van der Waals surface area contributed by atoms with Crippen LogP contribution >= 0.6 is 0 Å². The number of hydrogen-bond donors (Lipinski definition) is 1. The summed E-state index contributed by atoms with van der Waals surface area (Å²) in [5.74, 6) is 0. The minimum absolute atomic E-state index is 0.513. The van der Waals surface area contributed by atoms with E-state index in [1.807, 2.05) is 0 Å². The van der Waals surface area contributed by atoms with Crippen LogP contribution in [0.5, 0.6) is 0 Å². The van der Waals surface area contributed by atoms with Crippen molar-refractivity contribution in [2.24, 2.45) is 5.73 Å². The van der Waals surface area contributed by atoms with E-state index >= 15 is 0 Å². The molecule has 0 unspecified atom stereocenters. The lowest BCUT2D eigenvalue weighted by Crippen LogP contribution is -2.16. The van der Waals surface area contributed by atoms with E-state index in [9.17, 15) is 0 Å². The van der Waals surface area contributed by atoms with Crippen LogP contribution in [0.2, 0.25) is 0 Å². The first-order valence-corrected chi connectivity index (χ1v) is 22.1. The van der Waals surface area contributed by atoms with Gasteiger partial charge in [-0.2, -0.15) is 0 Å². The molecule has 0 saturated carbocycles. The van der Waals surface area contributed by atoms with Crippen LogP contribution in [0.3, 0.4) is 0 Å². The second kappa shape index (κ2) is 54.4. The first-order valence-electron chi connectivity index (χ1n) is 22.1. The van der Waals surface area contributed by atoms with Crippen molar-refractivity contribution in [3.05, 3.63) is 0 Å². The number of unbranched alkanes of at least 4 members (excludes halogenated alkanes) is 13. The molecule has 0 aromatic heterocycles. The summed E-state index contributed by atoms with van der Waals surface area (Å²) in [6.45, 7) is 17.1. The van der Waals surface area contributed by atoms with Gasteiger partial charge in [0.2, 0.25) is 0 Å². The van der Waals surface area contributed by atoms with Gasteiger partial charge in [0.1, 0.15) is 0 Å². The molecule has 0 radical (unpaired) electrons. The van der Waals surface area contributed by atoms with E-state index in [0.717, 1.165) is 13.0 Å². The van der Waals surface area contributed by atoms with Gasteiger partial charge in [-0.3, -0.25) is 0 Å². The number of hydrogen-bond acceptors (Lipinski definition) is 14. The lowest BCUT2D eigenvalue weighted by Gasteiger charge is -2.09. The molecule has 338 valence electrons. The van der Waals surface area contributed by atoms with E-state index in [1.54, 1.807) is 0 Å². The second-order valence-corrected chi connectivity index (χ2v) is 13.3. The second-order valence-electron chi connectivity index (χ2n) is 13.3. The molecule has 0 rings (SSSR count). The summed E-state index contributed by atoms with van der Waals surface area (Å²) in [5, 5.41) is 0. The quantitative estimate of drug-likeness (QED) is 0.0756. The van der Waals surface area contributed by atoms with Crippen molar-refractivity contribution in [3.8, 4) is 0 Å². The van der Waals surface area contributed by atoms with E-state index in [2.05, 4.69) is 6.92 Å². The highest BCUT2D eigenvalue weighted by atomic mass is 16.6. The van der Waals surface area contributed by atoms with Gasteiger partial charge in [-0.15, -0.1) is 0 Å². The van der Waals surface area contributed by atoms with Crippen LogP contribution in [0.25, 0.3) is 0 Å². The van der Waals surface area contributed by atoms with E-state index < -0.39 is 0 Å². The van der Waals surface area contributed by atoms with Gasteiger partial charge < -0.3 is 67.3 Å². The van der Waals surface area contributed by atoms with Crippen LogP contribution in [0.4, 0.5) is 0 Å². The van der Waals surface area contributed by atoms with Crippen molar-refractivity contribution in [2.45, 2.75) is 96.8 Å². The van der Waals surface area contributed by atoms with Gasteiger partial charge in [0.05, 0.1) is 165 Å². The molecule has 0 spiro atoms. The topological polar surface area (TPSA) is 146 Å². The van der Waals surface area contributed by atoms with Gasteiger partial charge in [-0.05, 0) is 6.42 Å². The molecule has 0 aliphatic heterocycles. The number of rotatable bonds is 53. The van der Waals surface area contributed by atoms with Crippen molar-refractivity contribution >= 4 is 0 Å². The third kappa shape index (κ3) is 53.4. The Kier molecular flexibility index (Phi) is 53.9. The smallest absolute Gasteiger partial charge is 0.0701 e. The molecule has 0 fully saturated rings. The fourth-order valence-electron chi connectivity index (χ4n) is 5.22. The highest BCUT2D eigenvalue weighted by Crippen LogP contribution is 2.13. The highest BCUT2D eigenvalue weighted by molar-refractivity contribution is 4.49. The summed E-state index contributed by atoms with van der Waals surface area (Å²) in [6, 6.07) is 0. The molecule has 0 aliphatic rings. The minimum atomic E-state index is 0.513. The maximum Gasteiger partial charge on any atom is 0.0701 e. The van der Waals surface area contributed by atoms with Crippen LogP contribution in [0.1, 0.15) is 96.8 Å². The summed E-state index contributed by atoms with van der Waals surface area (Å²) >= 11 is 0. The first-order chi connectivity index (χ1) is 27.9. The van der Waals surface area contributed by atoms with Crippen molar-refractivity contribution < 1.29 is 61.6 Å². The zero-order chi connectivity index (χ0) is 40.2. The van der Waals surface area contributed by atoms with Crippen molar-refractivity contribution in [1.82, 2.24) is 0 Å². The maximum absolute atomic E-state index is 5.69. The van der Waals surface area contributed by atoms with Crippen LogP contribution in [0, 0.1) is 0 Å². The summed E-state index contributed by atoms with van der Waals surface area (Å²) in [6.07, 6.45) is 19.2. The molecule has 2 N–H and O–H groups in total. The Morgan fingerprint density at radius 3 is 0.554 bits per heavy atom. The predicted molar refractivity (Wildman–Crippen MR) is 220 cm³/mol. The Morgan fingerprint density at radius 1 is 0.196 bits per heavy atom. The summed E-state index contributed by atoms with van der Waals surface area (Å²) in [4.78, 5) is 0. The SMILES string of the molecule is CCCCCCCCCCCCCCCCOCCOCCOCCOCCOCCOCCOCCOCCOCCOCCOCCOCCOCCN.